The van der Waals surface area contributed by atoms with Gasteiger partial charge in [-0.15, -0.1) is 0 Å². The normalized spacial score (nSPS) is 11.7. The fourth-order valence-electron chi connectivity index (χ4n) is 3.17. The SMILES string of the molecule is O=c1c2ccccc2oc2cc3c(=O)oc4ccccc4c3cc12. The highest BCUT2D eigenvalue weighted by molar-refractivity contribution is 6.09. The molecule has 0 radical (unpaired) electrons. The van der Waals surface area contributed by atoms with E-state index in [1.807, 2.05) is 12.1 Å². The molecule has 0 unspecified atom stereocenters. The average Bonchev–Trinajstić information content (AvgIpc) is 2.61. The van der Waals surface area contributed by atoms with Crippen LogP contribution in [-0.2, 0) is 0 Å². The molecule has 0 atom stereocenters. The zero-order valence-electron chi connectivity index (χ0n) is 12.4. The summed E-state index contributed by atoms with van der Waals surface area (Å²) in [4.78, 5) is 25.1. The molecule has 3 aromatic carbocycles. The van der Waals surface area contributed by atoms with E-state index in [4.69, 9.17) is 8.83 Å². The lowest BCUT2D eigenvalue weighted by Crippen LogP contribution is -2.04. The zero-order chi connectivity index (χ0) is 16.3. The Kier molecular flexibility index (Phi) is 2.48. The van der Waals surface area contributed by atoms with Crippen LogP contribution in [0.25, 0.3) is 43.7 Å². The van der Waals surface area contributed by atoms with E-state index in [1.54, 1.807) is 48.5 Å². The van der Waals surface area contributed by atoms with Crippen molar-refractivity contribution in [1.29, 1.82) is 0 Å². The molecule has 0 spiro atoms. The number of rotatable bonds is 0. The summed E-state index contributed by atoms with van der Waals surface area (Å²) >= 11 is 0. The zero-order valence-corrected chi connectivity index (χ0v) is 12.4. The van der Waals surface area contributed by atoms with E-state index in [-0.39, 0.29) is 5.43 Å². The maximum absolute atomic E-state index is 12.8. The quantitative estimate of drug-likeness (QED) is 0.244. The highest BCUT2D eigenvalue weighted by atomic mass is 16.4. The molecule has 2 aromatic heterocycles. The van der Waals surface area contributed by atoms with Crippen molar-refractivity contribution >= 4 is 43.7 Å². The third-order valence-electron chi connectivity index (χ3n) is 4.32. The highest BCUT2D eigenvalue weighted by Gasteiger charge is 2.13. The Morgan fingerprint density at radius 1 is 0.542 bits per heavy atom. The lowest BCUT2D eigenvalue weighted by Gasteiger charge is -2.05. The van der Waals surface area contributed by atoms with Crippen LogP contribution in [0.1, 0.15) is 0 Å². The fourth-order valence-corrected chi connectivity index (χ4v) is 3.17. The Labute approximate surface area is 134 Å². The monoisotopic (exact) mass is 314 g/mol. The van der Waals surface area contributed by atoms with Gasteiger partial charge in [0.25, 0.3) is 0 Å². The van der Waals surface area contributed by atoms with Crippen molar-refractivity contribution in [2.75, 3.05) is 0 Å². The van der Waals surface area contributed by atoms with Gasteiger partial charge in [-0.25, -0.2) is 4.79 Å². The average molecular weight is 314 g/mol. The molecule has 0 saturated heterocycles. The second-order valence-electron chi connectivity index (χ2n) is 5.71. The molecule has 5 aromatic rings. The topological polar surface area (TPSA) is 60.4 Å². The van der Waals surface area contributed by atoms with E-state index in [0.29, 0.717) is 38.3 Å². The van der Waals surface area contributed by atoms with E-state index >= 15 is 0 Å². The summed E-state index contributed by atoms with van der Waals surface area (Å²) in [5.74, 6) is 0. The first kappa shape index (κ1) is 13.1. The minimum Gasteiger partial charge on any atom is -0.456 e. The molecule has 2 heterocycles. The first-order chi connectivity index (χ1) is 11.7. The standard InChI is InChI=1S/C20H10O4/c21-19-12-6-2-4-8-17(12)23-18-10-14-13(9-15(18)19)11-5-1-3-7-16(11)24-20(14)22/h1-10H. The first-order valence-corrected chi connectivity index (χ1v) is 7.53. The molecule has 0 N–H and O–H groups in total. The van der Waals surface area contributed by atoms with E-state index < -0.39 is 5.63 Å². The largest absolute Gasteiger partial charge is 0.456 e. The van der Waals surface area contributed by atoms with E-state index in [1.165, 1.54) is 0 Å². The van der Waals surface area contributed by atoms with Crippen LogP contribution in [0, 0.1) is 0 Å². The van der Waals surface area contributed by atoms with Crippen molar-refractivity contribution in [3.63, 3.8) is 0 Å². The van der Waals surface area contributed by atoms with Crippen LogP contribution in [0.15, 0.2) is 79.1 Å². The van der Waals surface area contributed by atoms with Crippen molar-refractivity contribution < 1.29 is 8.83 Å². The van der Waals surface area contributed by atoms with Crippen molar-refractivity contribution in [3.8, 4) is 0 Å². The van der Waals surface area contributed by atoms with Gasteiger partial charge in [-0.05, 0) is 30.3 Å². The third-order valence-corrected chi connectivity index (χ3v) is 4.32. The summed E-state index contributed by atoms with van der Waals surface area (Å²) < 4.78 is 11.2. The molecular formula is C20H10O4. The van der Waals surface area contributed by atoms with Crippen molar-refractivity contribution in [2.24, 2.45) is 0 Å². The molecule has 0 amide bonds. The molecule has 0 aliphatic carbocycles. The number of benzene rings is 3. The third kappa shape index (κ3) is 1.68. The Morgan fingerprint density at radius 2 is 1.21 bits per heavy atom. The first-order valence-electron chi connectivity index (χ1n) is 7.53. The molecule has 0 bridgehead atoms. The number of hydrogen-bond donors (Lipinski definition) is 0. The van der Waals surface area contributed by atoms with Gasteiger partial charge < -0.3 is 8.83 Å². The smallest absolute Gasteiger partial charge is 0.344 e. The van der Waals surface area contributed by atoms with Gasteiger partial charge in [0.05, 0.1) is 16.2 Å². The summed E-state index contributed by atoms with van der Waals surface area (Å²) in [6.07, 6.45) is 0. The van der Waals surface area contributed by atoms with Gasteiger partial charge in [0.15, 0.2) is 0 Å². The Hall–Kier alpha value is -3.40. The van der Waals surface area contributed by atoms with Crippen LogP contribution < -0.4 is 11.1 Å². The molecule has 0 saturated carbocycles. The van der Waals surface area contributed by atoms with Crippen LogP contribution in [-0.4, -0.2) is 0 Å². The van der Waals surface area contributed by atoms with Crippen LogP contribution in [0.5, 0.6) is 0 Å². The van der Waals surface area contributed by atoms with Gasteiger partial charge in [-0.2, -0.15) is 0 Å². The van der Waals surface area contributed by atoms with Gasteiger partial charge in [0.2, 0.25) is 5.43 Å². The van der Waals surface area contributed by atoms with E-state index in [9.17, 15) is 9.59 Å². The summed E-state index contributed by atoms with van der Waals surface area (Å²) in [7, 11) is 0. The van der Waals surface area contributed by atoms with E-state index in [2.05, 4.69) is 0 Å². The maximum Gasteiger partial charge on any atom is 0.344 e. The van der Waals surface area contributed by atoms with Crippen LogP contribution in [0.3, 0.4) is 0 Å². The van der Waals surface area contributed by atoms with Crippen LogP contribution in [0.4, 0.5) is 0 Å². The Morgan fingerprint density at radius 3 is 2.00 bits per heavy atom. The van der Waals surface area contributed by atoms with Crippen molar-refractivity contribution in [3.05, 3.63) is 81.3 Å². The molecule has 5 rings (SSSR count). The molecule has 4 heteroatoms. The summed E-state index contributed by atoms with van der Waals surface area (Å²) in [6, 6.07) is 17.7. The summed E-state index contributed by atoms with van der Waals surface area (Å²) in [6.45, 7) is 0. The molecule has 4 nitrogen and oxygen atoms in total. The van der Waals surface area contributed by atoms with Gasteiger partial charge in [-0.1, -0.05) is 30.3 Å². The van der Waals surface area contributed by atoms with Crippen molar-refractivity contribution in [1.82, 2.24) is 0 Å². The predicted octanol–water partition coefficient (Wildman–Crippen LogP) is 4.21. The molecular weight excluding hydrogens is 304 g/mol. The molecule has 0 aliphatic rings. The number of para-hydroxylation sites is 2. The van der Waals surface area contributed by atoms with Gasteiger partial charge in [-0.3, -0.25) is 4.79 Å². The Balaban J connectivity index is 2.09. The minimum atomic E-state index is -0.443. The number of hydrogen-bond acceptors (Lipinski definition) is 4. The lowest BCUT2D eigenvalue weighted by atomic mass is 10.0. The summed E-state index contributed by atoms with van der Waals surface area (Å²) in [5.41, 5.74) is 0.834. The Bertz CT molecular complexity index is 1380. The maximum atomic E-state index is 12.8. The second kappa shape index (κ2) is 4.55. The van der Waals surface area contributed by atoms with Crippen LogP contribution in [0.2, 0.25) is 0 Å². The van der Waals surface area contributed by atoms with E-state index in [0.717, 1.165) is 5.39 Å². The second-order valence-corrected chi connectivity index (χ2v) is 5.71. The molecule has 24 heavy (non-hydrogen) atoms. The molecule has 114 valence electrons. The van der Waals surface area contributed by atoms with Crippen molar-refractivity contribution in [2.45, 2.75) is 0 Å². The number of fused-ring (bicyclic) bond motifs is 5. The van der Waals surface area contributed by atoms with Crippen LogP contribution >= 0.6 is 0 Å². The predicted molar refractivity (Wildman–Crippen MR) is 93.5 cm³/mol. The highest BCUT2D eigenvalue weighted by Crippen LogP contribution is 2.27. The molecule has 0 aliphatic heterocycles. The lowest BCUT2D eigenvalue weighted by molar-refractivity contribution is 0.569. The van der Waals surface area contributed by atoms with Gasteiger partial charge in [0.1, 0.15) is 16.7 Å². The fraction of sp³-hybridized carbons (Fsp3) is 0. The van der Waals surface area contributed by atoms with Gasteiger partial charge >= 0.3 is 5.63 Å². The minimum absolute atomic E-state index is 0.105. The van der Waals surface area contributed by atoms with Gasteiger partial charge in [0, 0.05) is 10.8 Å². The summed E-state index contributed by atoms with van der Waals surface area (Å²) in [5, 5.41) is 2.87. The molecule has 0 fully saturated rings.